The van der Waals surface area contributed by atoms with Gasteiger partial charge in [-0.15, -0.1) is 15.3 Å². The van der Waals surface area contributed by atoms with Gasteiger partial charge < -0.3 is 19.2 Å². The second-order valence-electron chi connectivity index (χ2n) is 5.95. The fourth-order valence-electron chi connectivity index (χ4n) is 2.34. The molecule has 0 saturated carbocycles. The van der Waals surface area contributed by atoms with Crippen LogP contribution in [0.25, 0.3) is 11.5 Å². The van der Waals surface area contributed by atoms with Gasteiger partial charge in [0.25, 0.3) is 0 Å². The predicted molar refractivity (Wildman–Crippen MR) is 98.3 cm³/mol. The molecule has 0 spiro atoms. The lowest BCUT2D eigenvalue weighted by Gasteiger charge is -2.06. The van der Waals surface area contributed by atoms with Gasteiger partial charge in [-0.25, -0.2) is 4.68 Å². The lowest BCUT2D eigenvalue weighted by molar-refractivity contribution is -0.121. The SMILES string of the molecule is CNC(=O)CCOCc1cn(CCOc2ccc(-c3nnc(C)o3)cc2)nn1. The molecule has 0 aliphatic heterocycles. The zero-order valence-corrected chi connectivity index (χ0v) is 15.8. The van der Waals surface area contributed by atoms with Crippen LogP contribution in [-0.4, -0.2) is 51.4 Å². The van der Waals surface area contributed by atoms with E-state index >= 15 is 0 Å². The molecule has 0 fully saturated rings. The minimum atomic E-state index is -0.0546. The number of benzene rings is 1. The number of ether oxygens (including phenoxy) is 2. The van der Waals surface area contributed by atoms with E-state index in [1.54, 1.807) is 24.9 Å². The summed E-state index contributed by atoms with van der Waals surface area (Å²) in [7, 11) is 1.60. The van der Waals surface area contributed by atoms with E-state index in [1.165, 1.54) is 0 Å². The fraction of sp³-hybridized carbons (Fsp3) is 0.389. The summed E-state index contributed by atoms with van der Waals surface area (Å²) < 4.78 is 18.2. The number of rotatable bonds is 10. The molecule has 1 aromatic carbocycles. The third-order valence-corrected chi connectivity index (χ3v) is 3.80. The minimum Gasteiger partial charge on any atom is -0.492 e. The van der Waals surface area contributed by atoms with Gasteiger partial charge in [-0.2, -0.15) is 0 Å². The number of hydrogen-bond donors (Lipinski definition) is 1. The topological polar surface area (TPSA) is 117 Å². The van der Waals surface area contributed by atoms with Gasteiger partial charge in [-0.05, 0) is 24.3 Å². The van der Waals surface area contributed by atoms with Crippen molar-refractivity contribution in [3.63, 3.8) is 0 Å². The van der Waals surface area contributed by atoms with Crippen LogP contribution in [0.1, 0.15) is 18.0 Å². The molecule has 1 amide bonds. The first-order valence-corrected chi connectivity index (χ1v) is 8.84. The summed E-state index contributed by atoms with van der Waals surface area (Å²) in [5.41, 5.74) is 1.54. The van der Waals surface area contributed by atoms with Crippen LogP contribution >= 0.6 is 0 Å². The molecule has 10 nitrogen and oxygen atoms in total. The molecule has 148 valence electrons. The summed E-state index contributed by atoms with van der Waals surface area (Å²) in [5, 5.41) is 18.4. The van der Waals surface area contributed by atoms with Crippen molar-refractivity contribution in [2.24, 2.45) is 0 Å². The van der Waals surface area contributed by atoms with Crippen LogP contribution < -0.4 is 10.1 Å². The average Bonchev–Trinajstić information content (AvgIpc) is 3.34. The Kier molecular flexibility index (Phi) is 6.68. The number of aromatic nitrogens is 5. The minimum absolute atomic E-state index is 0.0546. The molecule has 3 rings (SSSR count). The number of nitrogens with zero attached hydrogens (tertiary/aromatic N) is 5. The Hall–Kier alpha value is -3.27. The Labute approximate surface area is 161 Å². The second kappa shape index (κ2) is 9.60. The van der Waals surface area contributed by atoms with Crippen LogP contribution in [0.15, 0.2) is 34.9 Å². The Balaban J connectivity index is 1.39. The number of aryl methyl sites for hydroxylation is 1. The van der Waals surface area contributed by atoms with Gasteiger partial charge >= 0.3 is 0 Å². The largest absolute Gasteiger partial charge is 0.492 e. The van der Waals surface area contributed by atoms with Gasteiger partial charge in [-0.3, -0.25) is 4.79 Å². The third kappa shape index (κ3) is 5.61. The van der Waals surface area contributed by atoms with Gasteiger partial charge in [0.15, 0.2) is 0 Å². The smallest absolute Gasteiger partial charge is 0.247 e. The molecule has 2 heterocycles. The molecule has 2 aromatic heterocycles. The second-order valence-corrected chi connectivity index (χ2v) is 5.95. The number of nitrogens with one attached hydrogen (secondary N) is 1. The first kappa shape index (κ1) is 19.5. The summed E-state index contributed by atoms with van der Waals surface area (Å²) in [6, 6.07) is 7.43. The first-order valence-electron chi connectivity index (χ1n) is 8.84. The highest BCUT2D eigenvalue weighted by molar-refractivity contribution is 5.75. The van der Waals surface area contributed by atoms with Crippen molar-refractivity contribution in [2.45, 2.75) is 26.5 Å². The molecule has 0 bridgehead atoms. The molecular weight excluding hydrogens is 364 g/mol. The molecule has 0 radical (unpaired) electrons. The number of hydrogen-bond acceptors (Lipinski definition) is 8. The molecule has 0 aliphatic carbocycles. The summed E-state index contributed by atoms with van der Waals surface area (Å²) in [5.74, 6) is 1.69. The van der Waals surface area contributed by atoms with Crippen LogP contribution in [0, 0.1) is 6.92 Å². The van der Waals surface area contributed by atoms with E-state index in [0.717, 1.165) is 11.3 Å². The van der Waals surface area contributed by atoms with Crippen LogP contribution in [0.3, 0.4) is 0 Å². The number of carbonyl (C=O) groups is 1. The maximum atomic E-state index is 11.1. The van der Waals surface area contributed by atoms with E-state index in [2.05, 4.69) is 25.8 Å². The van der Waals surface area contributed by atoms with E-state index in [4.69, 9.17) is 13.9 Å². The van der Waals surface area contributed by atoms with Crippen molar-refractivity contribution in [3.05, 3.63) is 42.0 Å². The Morgan fingerprint density at radius 2 is 2.00 bits per heavy atom. The lowest BCUT2D eigenvalue weighted by Crippen LogP contribution is -2.19. The van der Waals surface area contributed by atoms with Crippen molar-refractivity contribution >= 4 is 5.91 Å². The molecule has 3 aromatic rings. The van der Waals surface area contributed by atoms with Gasteiger partial charge in [0.2, 0.25) is 17.7 Å². The normalized spacial score (nSPS) is 10.8. The van der Waals surface area contributed by atoms with E-state index < -0.39 is 0 Å². The van der Waals surface area contributed by atoms with Crippen molar-refractivity contribution in [1.82, 2.24) is 30.5 Å². The summed E-state index contributed by atoms with van der Waals surface area (Å²) in [6.45, 7) is 3.40. The molecule has 0 atom stereocenters. The first-order chi connectivity index (χ1) is 13.6. The molecular formula is C18H22N6O4. The van der Waals surface area contributed by atoms with Gasteiger partial charge in [-0.1, -0.05) is 5.21 Å². The molecule has 0 unspecified atom stereocenters. The predicted octanol–water partition coefficient (Wildman–Crippen LogP) is 1.37. The number of carbonyl (C=O) groups excluding carboxylic acids is 1. The lowest BCUT2D eigenvalue weighted by atomic mass is 10.2. The van der Waals surface area contributed by atoms with E-state index in [-0.39, 0.29) is 5.91 Å². The van der Waals surface area contributed by atoms with Crippen LogP contribution in [0.4, 0.5) is 0 Å². The highest BCUT2D eigenvalue weighted by atomic mass is 16.5. The maximum Gasteiger partial charge on any atom is 0.247 e. The maximum absolute atomic E-state index is 11.1. The van der Waals surface area contributed by atoms with Crippen molar-refractivity contribution < 1.29 is 18.7 Å². The van der Waals surface area contributed by atoms with Crippen molar-refractivity contribution in [2.75, 3.05) is 20.3 Å². The summed E-state index contributed by atoms with van der Waals surface area (Å²) in [6.07, 6.45) is 2.12. The van der Waals surface area contributed by atoms with Crippen LogP contribution in [-0.2, 0) is 22.7 Å². The zero-order valence-electron chi connectivity index (χ0n) is 15.8. The van der Waals surface area contributed by atoms with E-state index in [0.29, 0.717) is 50.3 Å². The van der Waals surface area contributed by atoms with Gasteiger partial charge in [0.05, 0.1) is 26.0 Å². The monoisotopic (exact) mass is 386 g/mol. The average molecular weight is 386 g/mol. The molecule has 0 saturated heterocycles. The van der Waals surface area contributed by atoms with Crippen molar-refractivity contribution in [1.29, 1.82) is 0 Å². The molecule has 1 N–H and O–H groups in total. The summed E-state index contributed by atoms with van der Waals surface area (Å²) in [4.78, 5) is 11.1. The van der Waals surface area contributed by atoms with Crippen LogP contribution in [0.2, 0.25) is 0 Å². The number of amides is 1. The molecule has 0 aliphatic rings. The Bertz CT molecular complexity index is 890. The van der Waals surface area contributed by atoms with Crippen molar-refractivity contribution in [3.8, 4) is 17.2 Å². The van der Waals surface area contributed by atoms with Gasteiger partial charge in [0, 0.05) is 26.0 Å². The Morgan fingerprint density at radius 3 is 2.71 bits per heavy atom. The van der Waals surface area contributed by atoms with Gasteiger partial charge in [0.1, 0.15) is 18.1 Å². The van der Waals surface area contributed by atoms with E-state index in [9.17, 15) is 4.79 Å². The quantitative estimate of drug-likeness (QED) is 0.519. The standard InChI is InChI=1S/C18H22N6O4/c1-13-20-22-18(28-13)14-3-5-16(6-4-14)27-10-8-24-11-15(21-23-24)12-26-9-7-17(25)19-2/h3-6,11H,7-10,12H2,1-2H3,(H,19,25). The third-order valence-electron chi connectivity index (χ3n) is 3.80. The molecule has 10 heteroatoms. The zero-order chi connectivity index (χ0) is 19.8. The van der Waals surface area contributed by atoms with Crippen LogP contribution in [0.5, 0.6) is 5.75 Å². The molecule has 28 heavy (non-hydrogen) atoms. The highest BCUT2D eigenvalue weighted by Crippen LogP contribution is 2.21. The van der Waals surface area contributed by atoms with E-state index in [1.807, 2.05) is 24.3 Å². The Morgan fingerprint density at radius 1 is 1.18 bits per heavy atom. The highest BCUT2D eigenvalue weighted by Gasteiger charge is 2.06. The summed E-state index contributed by atoms with van der Waals surface area (Å²) >= 11 is 0. The fourth-order valence-corrected chi connectivity index (χ4v) is 2.34.